The molecule has 0 amide bonds. The summed E-state index contributed by atoms with van der Waals surface area (Å²) in [6.07, 6.45) is 0.0184. The molecule has 7 nitrogen and oxygen atoms in total. The third kappa shape index (κ3) is 4.43. The lowest BCUT2D eigenvalue weighted by molar-refractivity contribution is 0.0689. The number of methoxy groups -OCH3 is 1. The van der Waals surface area contributed by atoms with Crippen LogP contribution < -0.4 is 9.47 Å². The highest BCUT2D eigenvalue weighted by molar-refractivity contribution is 5.95. The summed E-state index contributed by atoms with van der Waals surface area (Å²) in [5.74, 6) is -1.74. The fourth-order valence-electron chi connectivity index (χ4n) is 3.01. The second kappa shape index (κ2) is 8.75. The minimum Gasteiger partial charge on any atom is -0.504 e. The van der Waals surface area contributed by atoms with Gasteiger partial charge < -0.3 is 24.8 Å². The number of aromatic hydroxyl groups is 1. The van der Waals surface area contributed by atoms with Crippen LogP contribution in [-0.4, -0.2) is 34.7 Å². The number of carboxylic acids is 1. The SMILES string of the molecule is COc1c(C(O)CC(C)C)ccc(Oc2c(O)cc(C)cc2C=O)c1C(=O)O. The summed E-state index contributed by atoms with van der Waals surface area (Å²) in [6, 6.07) is 5.81. The largest absolute Gasteiger partial charge is 0.504 e. The number of aliphatic hydroxyl groups is 1. The number of carboxylic acid groups (broad SMARTS) is 1. The van der Waals surface area contributed by atoms with E-state index >= 15 is 0 Å². The Bertz CT molecular complexity index is 887. The fourth-order valence-corrected chi connectivity index (χ4v) is 3.01. The summed E-state index contributed by atoms with van der Waals surface area (Å²) < 4.78 is 10.9. The number of hydrogen-bond donors (Lipinski definition) is 3. The summed E-state index contributed by atoms with van der Waals surface area (Å²) in [5, 5.41) is 30.3. The number of phenolic OH excluding ortho intramolecular Hbond substituents is 1. The Labute approximate surface area is 163 Å². The maximum atomic E-state index is 11.9. The Morgan fingerprint density at radius 1 is 1.21 bits per heavy atom. The van der Waals surface area contributed by atoms with Gasteiger partial charge in [0.15, 0.2) is 17.8 Å². The fraction of sp³-hybridized carbons (Fsp3) is 0.333. The van der Waals surface area contributed by atoms with Gasteiger partial charge in [-0.2, -0.15) is 0 Å². The average molecular weight is 388 g/mol. The van der Waals surface area contributed by atoms with E-state index in [1.165, 1.54) is 31.4 Å². The van der Waals surface area contributed by atoms with Gasteiger partial charge in [0.1, 0.15) is 17.1 Å². The minimum absolute atomic E-state index is 0.0302. The lowest BCUT2D eigenvalue weighted by atomic mass is 9.96. The number of aldehydes is 1. The van der Waals surface area contributed by atoms with Crippen molar-refractivity contribution < 1.29 is 34.4 Å². The molecule has 3 N–H and O–H groups in total. The van der Waals surface area contributed by atoms with E-state index in [-0.39, 0.29) is 40.0 Å². The molecule has 0 saturated heterocycles. The molecular weight excluding hydrogens is 364 g/mol. The normalized spacial score (nSPS) is 11.9. The monoisotopic (exact) mass is 388 g/mol. The predicted molar refractivity (Wildman–Crippen MR) is 103 cm³/mol. The molecule has 0 bridgehead atoms. The number of carbonyl (C=O) groups excluding carboxylic acids is 1. The molecule has 1 unspecified atom stereocenters. The number of aromatic carboxylic acids is 1. The zero-order chi connectivity index (χ0) is 21.0. The standard InChI is InChI=1S/C21H24O7/c1-11(2)7-15(23)14-5-6-17(18(21(25)26)20(14)27-4)28-19-13(10-22)8-12(3)9-16(19)24/h5-6,8-11,15,23-24H,7H2,1-4H3,(H,25,26). The second-order valence-corrected chi connectivity index (χ2v) is 6.93. The number of hydrogen-bond acceptors (Lipinski definition) is 6. The molecule has 2 rings (SSSR count). The molecule has 2 aromatic rings. The van der Waals surface area contributed by atoms with E-state index in [0.717, 1.165) is 0 Å². The molecule has 0 saturated carbocycles. The highest BCUT2D eigenvalue weighted by Crippen LogP contribution is 2.41. The topological polar surface area (TPSA) is 113 Å². The van der Waals surface area contributed by atoms with Crippen LogP contribution in [0.1, 0.15) is 58.2 Å². The Morgan fingerprint density at radius 3 is 2.43 bits per heavy atom. The number of ether oxygens (including phenoxy) is 2. The molecule has 1 atom stereocenters. The van der Waals surface area contributed by atoms with Gasteiger partial charge in [-0.3, -0.25) is 4.79 Å². The zero-order valence-corrected chi connectivity index (χ0v) is 16.2. The minimum atomic E-state index is -1.33. The van der Waals surface area contributed by atoms with Gasteiger partial charge in [0.25, 0.3) is 0 Å². The maximum absolute atomic E-state index is 11.9. The predicted octanol–water partition coefficient (Wildman–Crippen LogP) is 4.09. The zero-order valence-electron chi connectivity index (χ0n) is 16.2. The van der Waals surface area contributed by atoms with Crippen molar-refractivity contribution in [2.75, 3.05) is 7.11 Å². The maximum Gasteiger partial charge on any atom is 0.343 e. The third-order valence-electron chi connectivity index (χ3n) is 4.20. The first-order valence-corrected chi connectivity index (χ1v) is 8.78. The first-order valence-electron chi connectivity index (χ1n) is 8.78. The molecule has 0 fully saturated rings. The average Bonchev–Trinajstić information content (AvgIpc) is 2.61. The molecule has 0 radical (unpaired) electrons. The van der Waals surface area contributed by atoms with E-state index in [9.17, 15) is 24.9 Å². The van der Waals surface area contributed by atoms with Crippen molar-refractivity contribution in [3.8, 4) is 23.0 Å². The first kappa shape index (κ1) is 21.2. The van der Waals surface area contributed by atoms with E-state index < -0.39 is 12.1 Å². The van der Waals surface area contributed by atoms with Crippen molar-refractivity contribution in [2.45, 2.75) is 33.3 Å². The van der Waals surface area contributed by atoms with Gasteiger partial charge in [-0.1, -0.05) is 13.8 Å². The second-order valence-electron chi connectivity index (χ2n) is 6.93. The molecule has 0 aliphatic heterocycles. The van der Waals surface area contributed by atoms with Crippen molar-refractivity contribution >= 4 is 12.3 Å². The van der Waals surface area contributed by atoms with E-state index in [4.69, 9.17) is 9.47 Å². The lowest BCUT2D eigenvalue weighted by Gasteiger charge is -2.20. The van der Waals surface area contributed by atoms with Crippen LogP contribution in [0.4, 0.5) is 0 Å². The Balaban J connectivity index is 2.61. The van der Waals surface area contributed by atoms with E-state index in [2.05, 4.69) is 0 Å². The first-order chi connectivity index (χ1) is 13.2. The van der Waals surface area contributed by atoms with Gasteiger partial charge in [-0.25, -0.2) is 4.79 Å². The number of benzene rings is 2. The molecule has 28 heavy (non-hydrogen) atoms. The van der Waals surface area contributed by atoms with Crippen LogP contribution >= 0.6 is 0 Å². The van der Waals surface area contributed by atoms with Gasteiger partial charge in [0, 0.05) is 5.56 Å². The van der Waals surface area contributed by atoms with Crippen molar-refractivity contribution in [1.29, 1.82) is 0 Å². The van der Waals surface area contributed by atoms with Crippen molar-refractivity contribution in [3.05, 3.63) is 46.5 Å². The molecule has 150 valence electrons. The molecule has 0 aliphatic rings. The van der Waals surface area contributed by atoms with Crippen LogP contribution in [0, 0.1) is 12.8 Å². The van der Waals surface area contributed by atoms with Crippen LogP contribution in [0.25, 0.3) is 0 Å². The van der Waals surface area contributed by atoms with Crippen LogP contribution in [0.5, 0.6) is 23.0 Å². The molecule has 0 heterocycles. The highest BCUT2D eigenvalue weighted by Gasteiger charge is 2.26. The molecule has 7 heteroatoms. The van der Waals surface area contributed by atoms with Crippen molar-refractivity contribution in [3.63, 3.8) is 0 Å². The molecular formula is C21H24O7. The number of aliphatic hydroxyl groups excluding tert-OH is 1. The summed E-state index contributed by atoms with van der Waals surface area (Å²) in [5.41, 5.74) is 0.746. The van der Waals surface area contributed by atoms with E-state index in [0.29, 0.717) is 23.8 Å². The van der Waals surface area contributed by atoms with Gasteiger partial charge in [0.05, 0.1) is 18.8 Å². The highest BCUT2D eigenvalue weighted by atomic mass is 16.5. The Kier molecular flexibility index (Phi) is 6.64. The third-order valence-corrected chi connectivity index (χ3v) is 4.20. The summed E-state index contributed by atoms with van der Waals surface area (Å²) in [7, 11) is 1.30. The van der Waals surface area contributed by atoms with Crippen LogP contribution in [0.3, 0.4) is 0 Å². The lowest BCUT2D eigenvalue weighted by Crippen LogP contribution is -2.10. The smallest absolute Gasteiger partial charge is 0.343 e. The summed E-state index contributed by atoms with van der Waals surface area (Å²) in [4.78, 5) is 23.3. The molecule has 0 aliphatic carbocycles. The summed E-state index contributed by atoms with van der Waals surface area (Å²) in [6.45, 7) is 5.58. The molecule has 0 spiro atoms. The molecule has 0 aromatic heterocycles. The van der Waals surface area contributed by atoms with Crippen LogP contribution in [0.2, 0.25) is 0 Å². The number of phenols is 1. The van der Waals surface area contributed by atoms with Gasteiger partial charge in [-0.15, -0.1) is 0 Å². The van der Waals surface area contributed by atoms with Crippen molar-refractivity contribution in [2.24, 2.45) is 5.92 Å². The van der Waals surface area contributed by atoms with Crippen LogP contribution in [-0.2, 0) is 0 Å². The molecule has 2 aromatic carbocycles. The van der Waals surface area contributed by atoms with Gasteiger partial charge >= 0.3 is 5.97 Å². The Morgan fingerprint density at radius 2 is 1.89 bits per heavy atom. The number of rotatable bonds is 8. The van der Waals surface area contributed by atoms with Gasteiger partial charge in [0.2, 0.25) is 0 Å². The summed E-state index contributed by atoms with van der Waals surface area (Å²) >= 11 is 0. The Hall–Kier alpha value is -3.06. The number of aryl methyl sites for hydroxylation is 1. The van der Waals surface area contributed by atoms with Crippen molar-refractivity contribution in [1.82, 2.24) is 0 Å². The van der Waals surface area contributed by atoms with Crippen LogP contribution in [0.15, 0.2) is 24.3 Å². The number of carbonyl (C=O) groups is 2. The van der Waals surface area contributed by atoms with E-state index in [1.54, 1.807) is 6.92 Å². The van der Waals surface area contributed by atoms with E-state index in [1.807, 2.05) is 13.8 Å². The quantitative estimate of drug-likeness (QED) is 0.584. The van der Waals surface area contributed by atoms with Gasteiger partial charge in [-0.05, 0) is 49.1 Å².